The Morgan fingerprint density at radius 3 is 1.97 bits per heavy atom. The summed E-state index contributed by atoms with van der Waals surface area (Å²) < 4.78 is 42.7. The van der Waals surface area contributed by atoms with Gasteiger partial charge in [0.05, 0.1) is 29.3 Å². The molecule has 0 fully saturated rings. The first-order valence-corrected chi connectivity index (χ1v) is 11.7. The number of urea groups is 1. The van der Waals surface area contributed by atoms with E-state index < -0.39 is 18.4 Å². The highest BCUT2D eigenvalue weighted by Gasteiger charge is 2.33. The lowest BCUT2D eigenvalue weighted by Gasteiger charge is -2.36. The fourth-order valence-electron chi connectivity index (χ4n) is 4.01. The number of nitrogens with zero attached hydrogens (tertiary/aromatic N) is 4. The highest BCUT2D eigenvalue weighted by atomic mass is 19.4. The van der Waals surface area contributed by atoms with Gasteiger partial charge >= 0.3 is 12.4 Å². The van der Waals surface area contributed by atoms with Gasteiger partial charge in [0.1, 0.15) is 5.75 Å². The first kappa shape index (κ1) is 27.1. The van der Waals surface area contributed by atoms with E-state index >= 15 is 0 Å². The summed E-state index contributed by atoms with van der Waals surface area (Å²) in [6, 6.07) is 21.7. The standard InChI is InChI=1S/C28H25F3N4O2/c1-3-16-34(23-12-8-20(18-32)9-13-23)27(36)35(24-14-10-21(19-33)11-15-24)26(4-2)22-6-5-7-25(17-22)37-28(29,30)31/h5-15,17,26H,3-4,16H2,1-2H3. The predicted molar refractivity (Wildman–Crippen MR) is 134 cm³/mol. The molecule has 0 bridgehead atoms. The van der Waals surface area contributed by atoms with Crippen molar-refractivity contribution in [3.63, 3.8) is 0 Å². The molecule has 0 aliphatic carbocycles. The van der Waals surface area contributed by atoms with Gasteiger partial charge in [0.2, 0.25) is 0 Å². The zero-order valence-electron chi connectivity index (χ0n) is 20.4. The molecule has 9 heteroatoms. The van der Waals surface area contributed by atoms with Gasteiger partial charge in [-0.1, -0.05) is 26.0 Å². The van der Waals surface area contributed by atoms with Crippen LogP contribution in [0.1, 0.15) is 49.4 Å². The Hall–Kier alpha value is -4.50. The number of rotatable bonds is 8. The summed E-state index contributed by atoms with van der Waals surface area (Å²) in [5.41, 5.74) is 2.37. The van der Waals surface area contributed by atoms with Crippen molar-refractivity contribution in [2.45, 2.75) is 39.1 Å². The van der Waals surface area contributed by atoms with Crippen LogP contribution in [0.3, 0.4) is 0 Å². The monoisotopic (exact) mass is 506 g/mol. The average Bonchev–Trinajstić information content (AvgIpc) is 2.89. The van der Waals surface area contributed by atoms with Crippen LogP contribution in [-0.4, -0.2) is 18.9 Å². The van der Waals surface area contributed by atoms with Gasteiger partial charge in [-0.25, -0.2) is 4.79 Å². The molecule has 0 radical (unpaired) electrons. The van der Waals surface area contributed by atoms with Crippen molar-refractivity contribution in [1.82, 2.24) is 0 Å². The zero-order valence-corrected chi connectivity index (χ0v) is 20.4. The van der Waals surface area contributed by atoms with E-state index in [2.05, 4.69) is 10.8 Å². The van der Waals surface area contributed by atoms with Crippen molar-refractivity contribution in [2.24, 2.45) is 0 Å². The fraction of sp³-hybridized carbons (Fsp3) is 0.250. The molecule has 0 aliphatic rings. The van der Waals surface area contributed by atoms with Crippen LogP contribution in [0.5, 0.6) is 5.75 Å². The molecule has 3 rings (SSSR count). The number of nitriles is 2. The SMILES string of the molecule is CCCN(C(=O)N(c1ccc(C#N)cc1)C(CC)c1cccc(OC(F)(F)F)c1)c1ccc(C#N)cc1. The van der Waals surface area contributed by atoms with E-state index in [-0.39, 0.29) is 5.75 Å². The van der Waals surface area contributed by atoms with Crippen LogP contribution in [0.2, 0.25) is 0 Å². The summed E-state index contributed by atoms with van der Waals surface area (Å²) in [6.45, 7) is 4.12. The van der Waals surface area contributed by atoms with Crippen LogP contribution < -0.4 is 14.5 Å². The average molecular weight is 507 g/mol. The largest absolute Gasteiger partial charge is 0.573 e. The number of halogens is 3. The lowest BCUT2D eigenvalue weighted by atomic mass is 10.0. The van der Waals surface area contributed by atoms with Crippen LogP contribution in [0.4, 0.5) is 29.3 Å². The van der Waals surface area contributed by atoms with Crippen LogP contribution >= 0.6 is 0 Å². The van der Waals surface area contributed by atoms with Gasteiger partial charge in [0.15, 0.2) is 0 Å². The number of carbonyl (C=O) groups excluding carboxylic acids is 1. The quantitative estimate of drug-likeness (QED) is 0.321. The highest BCUT2D eigenvalue weighted by Crippen LogP contribution is 2.35. The van der Waals surface area contributed by atoms with Crippen molar-refractivity contribution in [1.29, 1.82) is 10.5 Å². The van der Waals surface area contributed by atoms with E-state index in [9.17, 15) is 23.2 Å². The van der Waals surface area contributed by atoms with Gasteiger partial charge in [0, 0.05) is 17.9 Å². The van der Waals surface area contributed by atoms with Crippen LogP contribution in [0.25, 0.3) is 0 Å². The number of amides is 2. The van der Waals surface area contributed by atoms with Crippen molar-refractivity contribution in [2.75, 3.05) is 16.3 Å². The number of anilines is 2. The lowest BCUT2D eigenvalue weighted by Crippen LogP contribution is -2.46. The lowest BCUT2D eigenvalue weighted by molar-refractivity contribution is -0.274. The van der Waals surface area contributed by atoms with E-state index in [1.54, 1.807) is 59.5 Å². The maximum absolute atomic E-state index is 14.1. The summed E-state index contributed by atoms with van der Waals surface area (Å²) in [5, 5.41) is 18.4. The Balaban J connectivity index is 2.11. The summed E-state index contributed by atoms with van der Waals surface area (Å²) in [5.74, 6) is -0.381. The van der Waals surface area contributed by atoms with Crippen molar-refractivity contribution >= 4 is 17.4 Å². The second-order valence-corrected chi connectivity index (χ2v) is 8.17. The topological polar surface area (TPSA) is 80.4 Å². The normalized spacial score (nSPS) is 11.6. The molecule has 1 atom stereocenters. The van der Waals surface area contributed by atoms with Crippen molar-refractivity contribution < 1.29 is 22.7 Å². The second-order valence-electron chi connectivity index (χ2n) is 8.17. The molecule has 0 spiro atoms. The molecule has 2 amide bonds. The molecule has 0 saturated carbocycles. The molecule has 0 aromatic heterocycles. The number of benzene rings is 3. The number of ether oxygens (including phenoxy) is 1. The van der Waals surface area contributed by atoms with Gasteiger partial charge in [-0.3, -0.25) is 9.80 Å². The molecule has 190 valence electrons. The molecular weight excluding hydrogens is 481 g/mol. The van der Waals surface area contributed by atoms with Gasteiger partial charge < -0.3 is 4.74 Å². The minimum absolute atomic E-state index is 0.366. The van der Waals surface area contributed by atoms with Gasteiger partial charge in [0.25, 0.3) is 0 Å². The van der Waals surface area contributed by atoms with Crippen molar-refractivity contribution in [3.8, 4) is 17.9 Å². The molecule has 0 aliphatic heterocycles. The number of hydrogen-bond acceptors (Lipinski definition) is 4. The second kappa shape index (κ2) is 12.0. The van der Waals surface area contributed by atoms with Crippen LogP contribution in [0, 0.1) is 22.7 Å². The fourth-order valence-corrected chi connectivity index (χ4v) is 4.01. The first-order chi connectivity index (χ1) is 17.7. The smallest absolute Gasteiger partial charge is 0.406 e. The molecule has 37 heavy (non-hydrogen) atoms. The maximum Gasteiger partial charge on any atom is 0.573 e. The van der Waals surface area contributed by atoms with E-state index in [0.29, 0.717) is 47.5 Å². The molecule has 1 unspecified atom stereocenters. The highest BCUT2D eigenvalue weighted by molar-refractivity contribution is 6.04. The Kier molecular flexibility index (Phi) is 8.76. The summed E-state index contributed by atoms with van der Waals surface area (Å²) in [6.07, 6.45) is -3.83. The van der Waals surface area contributed by atoms with E-state index in [1.807, 2.05) is 19.9 Å². The number of alkyl halides is 3. The molecule has 6 nitrogen and oxygen atoms in total. The predicted octanol–water partition coefficient (Wildman–Crippen LogP) is 7.32. The molecule has 3 aromatic rings. The third kappa shape index (κ3) is 6.80. The van der Waals surface area contributed by atoms with Gasteiger partial charge in [-0.2, -0.15) is 10.5 Å². The molecule has 3 aromatic carbocycles. The molecule has 0 heterocycles. The third-order valence-electron chi connectivity index (χ3n) is 5.64. The molecular formula is C28H25F3N4O2. The minimum Gasteiger partial charge on any atom is -0.406 e. The summed E-state index contributed by atoms with van der Waals surface area (Å²) >= 11 is 0. The Labute approximate surface area is 213 Å². The summed E-state index contributed by atoms with van der Waals surface area (Å²) in [7, 11) is 0. The molecule has 0 N–H and O–H groups in total. The minimum atomic E-state index is -4.85. The Bertz CT molecular complexity index is 1290. The number of hydrogen-bond donors (Lipinski definition) is 0. The third-order valence-corrected chi connectivity index (χ3v) is 5.64. The van der Waals surface area contributed by atoms with Gasteiger partial charge in [-0.05, 0) is 79.1 Å². The first-order valence-electron chi connectivity index (χ1n) is 11.7. The van der Waals surface area contributed by atoms with Crippen LogP contribution in [0.15, 0.2) is 72.8 Å². The Morgan fingerprint density at radius 2 is 1.49 bits per heavy atom. The van der Waals surface area contributed by atoms with E-state index in [0.717, 1.165) is 0 Å². The van der Waals surface area contributed by atoms with Gasteiger partial charge in [-0.15, -0.1) is 13.2 Å². The number of carbonyl (C=O) groups is 1. The summed E-state index contributed by atoms with van der Waals surface area (Å²) in [4.78, 5) is 17.2. The van der Waals surface area contributed by atoms with E-state index in [1.165, 1.54) is 23.1 Å². The Morgan fingerprint density at radius 1 is 0.919 bits per heavy atom. The van der Waals surface area contributed by atoms with Crippen LogP contribution in [-0.2, 0) is 0 Å². The van der Waals surface area contributed by atoms with Crippen molar-refractivity contribution in [3.05, 3.63) is 89.5 Å². The maximum atomic E-state index is 14.1. The molecule has 0 saturated heterocycles. The zero-order chi connectivity index (χ0) is 27.0. The van der Waals surface area contributed by atoms with E-state index in [4.69, 9.17) is 5.26 Å².